The minimum Gasteiger partial charge on any atom is -0.481 e. The minimum atomic E-state index is -0.655. The highest BCUT2D eigenvalue weighted by Crippen LogP contribution is 2.32. The molecule has 0 spiro atoms. The number of aliphatic hydroxyl groups is 1. The van der Waals surface area contributed by atoms with Crippen LogP contribution in [-0.2, 0) is 4.79 Å². The number of rotatable bonds is 4. The van der Waals surface area contributed by atoms with Gasteiger partial charge in [0.05, 0.1) is 12.1 Å². The van der Waals surface area contributed by atoms with Gasteiger partial charge in [0.15, 0.2) is 18.2 Å². The zero-order chi connectivity index (χ0) is 17.1. The van der Waals surface area contributed by atoms with Crippen molar-refractivity contribution in [2.75, 3.05) is 13.2 Å². The van der Waals surface area contributed by atoms with Gasteiger partial charge in [0.25, 0.3) is 5.91 Å². The lowest BCUT2D eigenvalue weighted by Crippen LogP contribution is -2.35. The second kappa shape index (κ2) is 6.97. The van der Waals surface area contributed by atoms with Crippen LogP contribution in [0.1, 0.15) is 18.0 Å². The number of para-hydroxylation sites is 1. The molecular formula is C18H17F2NO3. The molecular weight excluding hydrogens is 316 g/mol. The molecule has 0 aliphatic carbocycles. The van der Waals surface area contributed by atoms with Gasteiger partial charge in [-0.05, 0) is 36.2 Å². The fourth-order valence-corrected chi connectivity index (χ4v) is 2.87. The van der Waals surface area contributed by atoms with Gasteiger partial charge in [-0.1, -0.05) is 24.3 Å². The molecule has 4 nitrogen and oxygen atoms in total. The van der Waals surface area contributed by atoms with Crippen molar-refractivity contribution >= 4 is 5.91 Å². The maximum Gasteiger partial charge on any atom is 0.261 e. The molecule has 2 atom stereocenters. The summed E-state index contributed by atoms with van der Waals surface area (Å²) in [5.41, 5.74) is 0.743. The third kappa shape index (κ3) is 3.54. The predicted molar refractivity (Wildman–Crippen MR) is 83.4 cm³/mol. The van der Waals surface area contributed by atoms with Crippen LogP contribution in [0.15, 0.2) is 48.5 Å². The van der Waals surface area contributed by atoms with Crippen LogP contribution in [0.3, 0.4) is 0 Å². The van der Waals surface area contributed by atoms with Crippen LogP contribution in [0.2, 0.25) is 0 Å². The second-order valence-electron chi connectivity index (χ2n) is 5.72. The molecule has 0 bridgehead atoms. The van der Waals surface area contributed by atoms with E-state index in [1.807, 2.05) is 0 Å². The molecule has 126 valence electrons. The van der Waals surface area contributed by atoms with Crippen molar-refractivity contribution in [2.45, 2.75) is 18.6 Å². The van der Waals surface area contributed by atoms with E-state index in [2.05, 4.69) is 0 Å². The number of hydrogen-bond acceptors (Lipinski definition) is 3. The molecule has 1 saturated heterocycles. The Hall–Kier alpha value is -2.47. The van der Waals surface area contributed by atoms with E-state index in [0.29, 0.717) is 6.42 Å². The van der Waals surface area contributed by atoms with Crippen molar-refractivity contribution < 1.29 is 23.4 Å². The summed E-state index contributed by atoms with van der Waals surface area (Å²) in [6.07, 6.45) is -0.283. The highest BCUT2D eigenvalue weighted by atomic mass is 19.1. The number of β-amino-alcohol motifs (C(OH)–C–C–N with tert-alkyl or cyclic N) is 1. The summed E-state index contributed by atoms with van der Waals surface area (Å²) in [6, 6.07) is 11.3. The van der Waals surface area contributed by atoms with Crippen LogP contribution in [0.5, 0.6) is 5.75 Å². The topological polar surface area (TPSA) is 49.8 Å². The number of nitrogens with zero attached hydrogens (tertiary/aromatic N) is 1. The Labute approximate surface area is 138 Å². The lowest BCUT2D eigenvalue weighted by molar-refractivity contribution is -0.134. The van der Waals surface area contributed by atoms with Gasteiger partial charge in [0.1, 0.15) is 5.82 Å². The SMILES string of the molecule is O=C(COc1ccccc1F)N1C[C@H](O)C[C@@H]1c1ccc(F)cc1. The van der Waals surface area contributed by atoms with E-state index in [4.69, 9.17) is 4.74 Å². The molecule has 0 unspecified atom stereocenters. The quantitative estimate of drug-likeness (QED) is 0.936. The van der Waals surface area contributed by atoms with Crippen molar-refractivity contribution in [1.29, 1.82) is 0 Å². The average molecular weight is 333 g/mol. The van der Waals surface area contributed by atoms with Crippen molar-refractivity contribution in [1.82, 2.24) is 4.90 Å². The summed E-state index contributed by atoms with van der Waals surface area (Å²) >= 11 is 0. The highest BCUT2D eigenvalue weighted by Gasteiger charge is 2.35. The van der Waals surface area contributed by atoms with E-state index in [1.165, 1.54) is 35.2 Å². The fourth-order valence-electron chi connectivity index (χ4n) is 2.87. The molecule has 0 aromatic heterocycles. The number of halogens is 2. The standard InChI is InChI=1S/C18H17F2NO3/c19-13-7-5-12(6-8-13)16-9-14(22)10-21(16)18(23)11-24-17-4-2-1-3-15(17)20/h1-8,14,16,22H,9-11H2/t14-,16-/m1/s1. The van der Waals surface area contributed by atoms with Gasteiger partial charge in [0, 0.05) is 6.54 Å². The number of likely N-dealkylation sites (tertiary alicyclic amines) is 1. The number of hydrogen-bond donors (Lipinski definition) is 1. The first kappa shape index (κ1) is 16.4. The molecule has 1 N–H and O–H groups in total. The molecule has 1 heterocycles. The van der Waals surface area contributed by atoms with E-state index >= 15 is 0 Å². The van der Waals surface area contributed by atoms with Gasteiger partial charge in [-0.2, -0.15) is 0 Å². The maximum absolute atomic E-state index is 13.5. The number of carbonyl (C=O) groups excluding carboxylic acids is 1. The number of aliphatic hydroxyl groups excluding tert-OH is 1. The first-order valence-electron chi connectivity index (χ1n) is 7.65. The van der Waals surface area contributed by atoms with E-state index in [0.717, 1.165) is 5.56 Å². The number of ether oxygens (including phenoxy) is 1. The van der Waals surface area contributed by atoms with Gasteiger partial charge in [-0.25, -0.2) is 8.78 Å². The van der Waals surface area contributed by atoms with Crippen molar-refractivity contribution in [2.24, 2.45) is 0 Å². The Morgan fingerprint density at radius 1 is 1.17 bits per heavy atom. The highest BCUT2D eigenvalue weighted by molar-refractivity contribution is 5.78. The predicted octanol–water partition coefficient (Wildman–Crippen LogP) is 2.68. The third-order valence-electron chi connectivity index (χ3n) is 4.04. The molecule has 1 aliphatic heterocycles. The number of carbonyl (C=O) groups is 1. The molecule has 2 aromatic carbocycles. The zero-order valence-electron chi connectivity index (χ0n) is 12.9. The van der Waals surface area contributed by atoms with E-state index in [9.17, 15) is 18.7 Å². The van der Waals surface area contributed by atoms with Gasteiger partial charge in [0.2, 0.25) is 0 Å². The molecule has 24 heavy (non-hydrogen) atoms. The lowest BCUT2D eigenvalue weighted by atomic mass is 10.0. The summed E-state index contributed by atoms with van der Waals surface area (Å²) in [6.45, 7) is -0.160. The zero-order valence-corrected chi connectivity index (χ0v) is 12.9. The maximum atomic E-state index is 13.5. The Balaban J connectivity index is 1.70. The van der Waals surface area contributed by atoms with Crippen LogP contribution in [0.25, 0.3) is 0 Å². The molecule has 1 amide bonds. The number of benzene rings is 2. The summed E-state index contributed by atoms with van der Waals surface area (Å²) in [7, 11) is 0. The molecule has 6 heteroatoms. The number of amides is 1. The smallest absolute Gasteiger partial charge is 0.261 e. The molecule has 3 rings (SSSR count). The Bertz CT molecular complexity index is 720. The lowest BCUT2D eigenvalue weighted by Gasteiger charge is -2.24. The monoisotopic (exact) mass is 333 g/mol. The van der Waals surface area contributed by atoms with Crippen LogP contribution in [-0.4, -0.2) is 35.2 Å². The van der Waals surface area contributed by atoms with Crippen molar-refractivity contribution in [3.05, 3.63) is 65.7 Å². The first-order chi connectivity index (χ1) is 11.5. The Morgan fingerprint density at radius 2 is 1.88 bits per heavy atom. The van der Waals surface area contributed by atoms with Gasteiger partial charge >= 0.3 is 0 Å². The summed E-state index contributed by atoms with van der Waals surface area (Å²) < 4.78 is 31.8. The van der Waals surface area contributed by atoms with Crippen LogP contribution in [0.4, 0.5) is 8.78 Å². The second-order valence-corrected chi connectivity index (χ2v) is 5.72. The molecule has 1 aliphatic rings. The Morgan fingerprint density at radius 3 is 2.58 bits per heavy atom. The summed E-state index contributed by atoms with van der Waals surface area (Å²) in [4.78, 5) is 13.9. The van der Waals surface area contributed by atoms with E-state index in [-0.39, 0.29) is 36.7 Å². The van der Waals surface area contributed by atoms with Crippen LogP contribution in [0, 0.1) is 11.6 Å². The molecule has 0 saturated carbocycles. The summed E-state index contributed by atoms with van der Waals surface area (Å²) in [5, 5.41) is 9.90. The van der Waals surface area contributed by atoms with Crippen LogP contribution < -0.4 is 4.74 Å². The first-order valence-corrected chi connectivity index (χ1v) is 7.65. The van der Waals surface area contributed by atoms with Gasteiger partial charge in [-0.3, -0.25) is 4.79 Å². The fraction of sp³-hybridized carbons (Fsp3) is 0.278. The van der Waals surface area contributed by atoms with Gasteiger partial charge in [-0.15, -0.1) is 0 Å². The largest absolute Gasteiger partial charge is 0.481 e. The van der Waals surface area contributed by atoms with Gasteiger partial charge < -0.3 is 14.7 Å². The molecule has 0 radical (unpaired) electrons. The Kier molecular flexibility index (Phi) is 4.76. The van der Waals surface area contributed by atoms with E-state index in [1.54, 1.807) is 18.2 Å². The van der Waals surface area contributed by atoms with Crippen molar-refractivity contribution in [3.63, 3.8) is 0 Å². The molecule has 1 fully saturated rings. The average Bonchev–Trinajstić information content (AvgIpc) is 2.96. The third-order valence-corrected chi connectivity index (χ3v) is 4.04. The summed E-state index contributed by atoms with van der Waals surface area (Å²) in [5.74, 6) is -1.26. The van der Waals surface area contributed by atoms with Crippen molar-refractivity contribution in [3.8, 4) is 5.75 Å². The van der Waals surface area contributed by atoms with Crippen LogP contribution >= 0.6 is 0 Å². The molecule has 2 aromatic rings. The normalized spacial score (nSPS) is 20.2. The minimum absolute atomic E-state index is 0.00364. The van der Waals surface area contributed by atoms with E-state index < -0.39 is 11.9 Å².